The molecule has 1 aliphatic heterocycles. The number of hydrogen-bond acceptors (Lipinski definition) is 3. The van der Waals surface area contributed by atoms with Crippen LogP contribution in [0.4, 0.5) is 5.69 Å². The zero-order valence-corrected chi connectivity index (χ0v) is 14.9. The fourth-order valence-electron chi connectivity index (χ4n) is 4.07. The van der Waals surface area contributed by atoms with Crippen LogP contribution < -0.4 is 10.2 Å². The van der Waals surface area contributed by atoms with Crippen LogP contribution in [0.25, 0.3) is 0 Å². The molecule has 2 aromatic carbocycles. The highest BCUT2D eigenvalue weighted by Gasteiger charge is 2.35. The number of anilines is 1. The quantitative estimate of drug-likeness (QED) is 0.920. The number of nitrogens with one attached hydrogen (secondary N) is 1. The number of benzene rings is 2. The number of hydrogen-bond donors (Lipinski definition) is 1. The summed E-state index contributed by atoms with van der Waals surface area (Å²) >= 11 is 0. The maximum absolute atomic E-state index is 12.5. The molecule has 2 aliphatic rings. The maximum atomic E-state index is 12.5. The van der Waals surface area contributed by atoms with Gasteiger partial charge in [0.05, 0.1) is 6.07 Å². The van der Waals surface area contributed by atoms with Crippen LogP contribution in [0.3, 0.4) is 0 Å². The topological polar surface area (TPSA) is 56.1 Å². The Balaban J connectivity index is 1.46. The lowest BCUT2D eigenvalue weighted by Crippen LogP contribution is -2.45. The molecule has 1 amide bonds. The van der Waals surface area contributed by atoms with E-state index in [1.165, 1.54) is 11.1 Å². The SMILES string of the molecule is N#CC1(NC(=O)c2ccc(N3CCc4ccccc4C3)cc2)CCCC1. The van der Waals surface area contributed by atoms with Crippen molar-refractivity contribution in [2.24, 2.45) is 0 Å². The van der Waals surface area contributed by atoms with Gasteiger partial charge in [-0.25, -0.2) is 0 Å². The van der Waals surface area contributed by atoms with Crippen LogP contribution in [-0.2, 0) is 13.0 Å². The Morgan fingerprint density at radius 1 is 1.04 bits per heavy atom. The van der Waals surface area contributed by atoms with Crippen LogP contribution >= 0.6 is 0 Å². The number of carbonyl (C=O) groups is 1. The summed E-state index contributed by atoms with van der Waals surface area (Å²) in [5.41, 5.74) is 3.88. The minimum Gasteiger partial charge on any atom is -0.367 e. The van der Waals surface area contributed by atoms with Crippen molar-refractivity contribution in [3.8, 4) is 6.07 Å². The summed E-state index contributed by atoms with van der Waals surface area (Å²) in [5, 5.41) is 12.4. The molecule has 132 valence electrons. The Morgan fingerprint density at radius 2 is 1.73 bits per heavy atom. The second kappa shape index (κ2) is 6.84. The molecule has 2 aromatic rings. The van der Waals surface area contributed by atoms with E-state index < -0.39 is 5.54 Å². The van der Waals surface area contributed by atoms with Gasteiger partial charge in [0.2, 0.25) is 0 Å². The van der Waals surface area contributed by atoms with E-state index in [1.54, 1.807) is 0 Å². The summed E-state index contributed by atoms with van der Waals surface area (Å²) in [5.74, 6) is -0.149. The average molecular weight is 345 g/mol. The number of amides is 1. The fourth-order valence-corrected chi connectivity index (χ4v) is 4.07. The minimum absolute atomic E-state index is 0.149. The van der Waals surface area contributed by atoms with Crippen molar-refractivity contribution in [2.45, 2.75) is 44.2 Å². The van der Waals surface area contributed by atoms with Gasteiger partial charge in [-0.1, -0.05) is 24.3 Å². The van der Waals surface area contributed by atoms with Gasteiger partial charge in [-0.2, -0.15) is 5.26 Å². The van der Waals surface area contributed by atoms with Crippen LogP contribution in [0.1, 0.15) is 47.2 Å². The zero-order chi connectivity index (χ0) is 18.0. The van der Waals surface area contributed by atoms with Gasteiger partial charge in [-0.3, -0.25) is 4.79 Å². The molecule has 0 atom stereocenters. The van der Waals surface area contributed by atoms with Gasteiger partial charge < -0.3 is 10.2 Å². The first-order valence-electron chi connectivity index (χ1n) is 9.35. The average Bonchev–Trinajstić information content (AvgIpc) is 3.16. The number of nitrogens with zero attached hydrogens (tertiary/aromatic N) is 2. The normalized spacial score (nSPS) is 18.0. The molecule has 0 aromatic heterocycles. The molecule has 0 unspecified atom stereocenters. The zero-order valence-electron chi connectivity index (χ0n) is 14.9. The highest BCUT2D eigenvalue weighted by molar-refractivity contribution is 5.95. The largest absolute Gasteiger partial charge is 0.367 e. The molecule has 1 saturated carbocycles. The Hall–Kier alpha value is -2.80. The highest BCUT2D eigenvalue weighted by Crippen LogP contribution is 2.29. The van der Waals surface area contributed by atoms with Gasteiger partial charge in [-0.05, 0) is 67.5 Å². The standard InChI is InChI=1S/C22H23N3O/c23-16-22(12-3-4-13-22)24-21(26)18-7-9-20(10-8-18)25-14-11-17-5-1-2-6-19(17)15-25/h1-2,5-10H,3-4,11-15H2,(H,24,26). The summed E-state index contributed by atoms with van der Waals surface area (Å²) in [6.07, 6.45) is 4.55. The molecule has 0 radical (unpaired) electrons. The highest BCUT2D eigenvalue weighted by atomic mass is 16.1. The Bertz CT molecular complexity index is 844. The van der Waals surface area contributed by atoms with Gasteiger partial charge in [0.1, 0.15) is 5.54 Å². The number of nitriles is 1. The molecule has 4 heteroatoms. The lowest BCUT2D eigenvalue weighted by molar-refractivity contribution is 0.0920. The molecular weight excluding hydrogens is 322 g/mol. The third-order valence-electron chi connectivity index (χ3n) is 5.65. The monoisotopic (exact) mass is 345 g/mol. The van der Waals surface area contributed by atoms with Crippen molar-refractivity contribution in [3.05, 3.63) is 65.2 Å². The lowest BCUT2D eigenvalue weighted by Gasteiger charge is -2.31. The first kappa shape index (κ1) is 16.7. The molecule has 1 fully saturated rings. The van der Waals surface area contributed by atoms with E-state index in [4.69, 9.17) is 0 Å². The summed E-state index contributed by atoms with van der Waals surface area (Å²) < 4.78 is 0. The molecule has 26 heavy (non-hydrogen) atoms. The molecule has 4 rings (SSSR count). The molecule has 1 aliphatic carbocycles. The number of fused-ring (bicyclic) bond motifs is 1. The summed E-state index contributed by atoms with van der Waals surface area (Å²) in [7, 11) is 0. The molecule has 4 nitrogen and oxygen atoms in total. The smallest absolute Gasteiger partial charge is 0.252 e. The predicted octanol–water partition coefficient (Wildman–Crippen LogP) is 3.82. The van der Waals surface area contributed by atoms with Crippen molar-refractivity contribution >= 4 is 11.6 Å². The van der Waals surface area contributed by atoms with Crippen LogP contribution in [0.2, 0.25) is 0 Å². The fraction of sp³-hybridized carbons (Fsp3) is 0.364. The minimum atomic E-state index is -0.674. The molecule has 1 N–H and O–H groups in total. The van der Waals surface area contributed by atoms with Crippen molar-refractivity contribution in [1.82, 2.24) is 5.32 Å². The van der Waals surface area contributed by atoms with E-state index in [0.717, 1.165) is 50.9 Å². The Morgan fingerprint density at radius 3 is 2.42 bits per heavy atom. The van der Waals surface area contributed by atoms with E-state index in [1.807, 2.05) is 24.3 Å². The van der Waals surface area contributed by atoms with E-state index >= 15 is 0 Å². The van der Waals surface area contributed by atoms with E-state index in [-0.39, 0.29) is 5.91 Å². The lowest BCUT2D eigenvalue weighted by atomic mass is 9.98. The summed E-state index contributed by atoms with van der Waals surface area (Å²) in [6, 6.07) is 18.6. The number of rotatable bonds is 3. The van der Waals surface area contributed by atoms with Crippen molar-refractivity contribution in [3.63, 3.8) is 0 Å². The molecule has 0 bridgehead atoms. The molecular formula is C22H23N3O. The predicted molar refractivity (Wildman–Crippen MR) is 102 cm³/mol. The molecule has 1 heterocycles. The number of carbonyl (C=O) groups excluding carboxylic acids is 1. The second-order valence-corrected chi connectivity index (χ2v) is 7.34. The van der Waals surface area contributed by atoms with Gasteiger partial charge in [-0.15, -0.1) is 0 Å². The maximum Gasteiger partial charge on any atom is 0.252 e. The summed E-state index contributed by atoms with van der Waals surface area (Å²) in [4.78, 5) is 14.9. The second-order valence-electron chi connectivity index (χ2n) is 7.34. The summed E-state index contributed by atoms with van der Waals surface area (Å²) in [6.45, 7) is 1.89. The van der Waals surface area contributed by atoms with E-state index in [2.05, 4.69) is 40.6 Å². The Labute approximate surface area is 154 Å². The van der Waals surface area contributed by atoms with Crippen LogP contribution in [-0.4, -0.2) is 18.0 Å². The van der Waals surface area contributed by atoms with Crippen molar-refractivity contribution < 1.29 is 4.79 Å². The van der Waals surface area contributed by atoms with E-state index in [9.17, 15) is 10.1 Å². The van der Waals surface area contributed by atoms with Gasteiger partial charge in [0.15, 0.2) is 0 Å². The van der Waals surface area contributed by atoms with Crippen LogP contribution in [0, 0.1) is 11.3 Å². The first-order valence-corrected chi connectivity index (χ1v) is 9.35. The van der Waals surface area contributed by atoms with E-state index in [0.29, 0.717) is 5.56 Å². The van der Waals surface area contributed by atoms with Crippen LogP contribution in [0.5, 0.6) is 0 Å². The van der Waals surface area contributed by atoms with Crippen molar-refractivity contribution in [1.29, 1.82) is 5.26 Å². The van der Waals surface area contributed by atoms with Crippen LogP contribution in [0.15, 0.2) is 48.5 Å². The third kappa shape index (κ3) is 3.17. The molecule has 0 saturated heterocycles. The first-order chi connectivity index (χ1) is 12.7. The van der Waals surface area contributed by atoms with Gasteiger partial charge in [0, 0.05) is 24.3 Å². The third-order valence-corrected chi connectivity index (χ3v) is 5.65. The molecule has 0 spiro atoms. The Kier molecular flexibility index (Phi) is 4.38. The van der Waals surface area contributed by atoms with Crippen molar-refractivity contribution in [2.75, 3.05) is 11.4 Å². The van der Waals surface area contributed by atoms with Gasteiger partial charge >= 0.3 is 0 Å². The van der Waals surface area contributed by atoms with Gasteiger partial charge in [0.25, 0.3) is 5.91 Å².